The van der Waals surface area contributed by atoms with Gasteiger partial charge in [0.2, 0.25) is 0 Å². The van der Waals surface area contributed by atoms with Crippen molar-refractivity contribution in [2.24, 2.45) is 0 Å². The summed E-state index contributed by atoms with van der Waals surface area (Å²) in [6.07, 6.45) is 99.2. The zero-order valence-corrected chi connectivity index (χ0v) is 54.2. The molecule has 1 unspecified atom stereocenters. The molecule has 0 bridgehead atoms. The van der Waals surface area contributed by atoms with Crippen LogP contribution >= 0.6 is 0 Å². The Bertz CT molecular complexity index is 1750. The van der Waals surface area contributed by atoms with Crippen LogP contribution in [0.4, 0.5) is 0 Å². The number of hydrogen-bond donors (Lipinski definition) is 0. The van der Waals surface area contributed by atoms with E-state index < -0.39 is 6.10 Å². The molecule has 0 aliphatic carbocycles. The van der Waals surface area contributed by atoms with Crippen LogP contribution in [0.5, 0.6) is 0 Å². The van der Waals surface area contributed by atoms with Gasteiger partial charge in [-0.25, -0.2) is 0 Å². The van der Waals surface area contributed by atoms with Crippen LogP contribution in [0.1, 0.15) is 316 Å². The van der Waals surface area contributed by atoms with Gasteiger partial charge in [-0.1, -0.05) is 302 Å². The van der Waals surface area contributed by atoms with Gasteiger partial charge >= 0.3 is 17.9 Å². The van der Waals surface area contributed by atoms with E-state index in [0.29, 0.717) is 19.3 Å². The lowest BCUT2D eigenvalue weighted by Crippen LogP contribution is -2.30. The van der Waals surface area contributed by atoms with Crippen LogP contribution < -0.4 is 0 Å². The Morgan fingerprint density at radius 1 is 0.253 bits per heavy atom. The highest BCUT2D eigenvalue weighted by molar-refractivity contribution is 5.71. The molecular formula is C77H128O6. The molecule has 0 amide bonds. The molecule has 0 aliphatic heterocycles. The molecule has 1 atom stereocenters. The van der Waals surface area contributed by atoms with Gasteiger partial charge < -0.3 is 14.2 Å². The van der Waals surface area contributed by atoms with Crippen molar-refractivity contribution in [3.05, 3.63) is 134 Å². The number of esters is 3. The Balaban J connectivity index is 4.38. The summed E-state index contributed by atoms with van der Waals surface area (Å²) in [7, 11) is 0. The standard InChI is InChI=1S/C77H128O6/c1-4-7-10-13-16-19-22-25-28-31-33-34-35-36-37-38-39-40-41-42-44-46-49-52-55-58-61-64-67-70-76(79)82-73-74(72-81-75(78)69-66-63-60-57-54-51-48-45-30-27-24-21-18-15-12-9-6-3)83-77(80)71-68-65-62-59-56-53-50-47-43-32-29-26-23-20-17-14-11-8-5-2/h8-9,11-12,17-18,20-21,26-27,29-31,33,43,47-48,51,53,56-57,60,74H,4-7,10,13-16,19,22-25,28,32,34-42,44-46,49-50,52,54-55,58-59,61-73H2,1-3H3/b11-8-,12-9-,20-17-,21-18-,29-26-,30-27-,33-31-,47-43-,51-48-,56-53-,60-57-. The fourth-order valence-corrected chi connectivity index (χ4v) is 9.50. The van der Waals surface area contributed by atoms with E-state index in [0.717, 1.165) is 109 Å². The van der Waals surface area contributed by atoms with E-state index in [1.54, 1.807) is 0 Å². The molecule has 0 heterocycles. The fraction of sp³-hybridized carbons (Fsp3) is 0.675. The number of carbonyl (C=O) groups excluding carboxylic acids is 3. The van der Waals surface area contributed by atoms with Gasteiger partial charge in [0.25, 0.3) is 0 Å². The van der Waals surface area contributed by atoms with Crippen molar-refractivity contribution in [1.29, 1.82) is 0 Å². The van der Waals surface area contributed by atoms with Crippen LogP contribution in [0.2, 0.25) is 0 Å². The second kappa shape index (κ2) is 70.0. The van der Waals surface area contributed by atoms with Gasteiger partial charge in [0, 0.05) is 19.3 Å². The number of carbonyl (C=O) groups is 3. The maximum atomic E-state index is 12.9. The number of ether oxygens (including phenoxy) is 3. The summed E-state index contributed by atoms with van der Waals surface area (Å²) in [6.45, 7) is 6.36. The SMILES string of the molecule is CC/C=C\C/C=C\C/C=C\C/C=C\C/C=C\CCCCCC(=O)OC(COC(=O)CCC/C=C\C/C=C\C/C=C\C/C=C\C/C=C\CC)COC(=O)CCCCCCCCCCCCCCCCCCC/C=C\CCCCCCCCCC. The van der Waals surface area contributed by atoms with Crippen LogP contribution in [-0.2, 0) is 28.6 Å². The van der Waals surface area contributed by atoms with Crippen LogP contribution in [0.3, 0.4) is 0 Å². The number of rotatable bonds is 62. The second-order valence-electron chi connectivity index (χ2n) is 22.7. The molecule has 0 saturated carbocycles. The lowest BCUT2D eigenvalue weighted by Gasteiger charge is -2.18. The van der Waals surface area contributed by atoms with Crippen molar-refractivity contribution in [3.63, 3.8) is 0 Å². The minimum Gasteiger partial charge on any atom is -0.462 e. The third-order valence-corrected chi connectivity index (χ3v) is 14.6. The summed E-state index contributed by atoms with van der Waals surface area (Å²) < 4.78 is 16.9. The highest BCUT2D eigenvalue weighted by Gasteiger charge is 2.19. The normalized spacial score (nSPS) is 13.0. The Kier molecular flexibility index (Phi) is 66.3. The maximum Gasteiger partial charge on any atom is 0.306 e. The summed E-state index contributed by atoms with van der Waals surface area (Å²) in [4.78, 5) is 38.4. The molecule has 0 N–H and O–H groups in total. The molecule has 0 radical (unpaired) electrons. The molecular weight excluding hydrogens is 1020 g/mol. The molecule has 0 saturated heterocycles. The lowest BCUT2D eigenvalue weighted by molar-refractivity contribution is -0.167. The minimum atomic E-state index is -0.825. The molecule has 83 heavy (non-hydrogen) atoms. The molecule has 0 aromatic heterocycles. The Labute approximate surface area is 513 Å². The number of hydrogen-bond acceptors (Lipinski definition) is 6. The molecule has 0 aromatic rings. The molecule has 472 valence electrons. The molecule has 0 fully saturated rings. The van der Waals surface area contributed by atoms with Gasteiger partial charge in [0.1, 0.15) is 13.2 Å². The van der Waals surface area contributed by atoms with E-state index in [1.165, 1.54) is 154 Å². The zero-order chi connectivity index (χ0) is 59.9. The van der Waals surface area contributed by atoms with E-state index in [4.69, 9.17) is 14.2 Å². The van der Waals surface area contributed by atoms with E-state index in [1.807, 2.05) is 0 Å². The summed E-state index contributed by atoms with van der Waals surface area (Å²) in [5, 5.41) is 0. The summed E-state index contributed by atoms with van der Waals surface area (Å²) in [6, 6.07) is 0. The van der Waals surface area contributed by atoms with Crippen LogP contribution in [0.25, 0.3) is 0 Å². The first kappa shape index (κ1) is 78.5. The van der Waals surface area contributed by atoms with E-state index in [9.17, 15) is 14.4 Å². The first-order valence-corrected chi connectivity index (χ1v) is 34.7. The van der Waals surface area contributed by atoms with Crippen molar-refractivity contribution in [2.45, 2.75) is 322 Å². The highest BCUT2D eigenvalue weighted by atomic mass is 16.6. The summed E-state index contributed by atoms with van der Waals surface area (Å²) in [5.41, 5.74) is 0. The molecule has 0 spiro atoms. The number of unbranched alkanes of at least 4 members (excludes halogenated alkanes) is 29. The predicted octanol–water partition coefficient (Wildman–Crippen LogP) is 24.1. The molecule has 0 aromatic carbocycles. The first-order chi connectivity index (χ1) is 41.0. The number of allylic oxidation sites excluding steroid dienone is 22. The zero-order valence-electron chi connectivity index (χ0n) is 54.2. The van der Waals surface area contributed by atoms with E-state index in [-0.39, 0.29) is 44.0 Å². The van der Waals surface area contributed by atoms with Gasteiger partial charge in [-0.15, -0.1) is 0 Å². The predicted molar refractivity (Wildman–Crippen MR) is 362 cm³/mol. The Morgan fingerprint density at radius 2 is 0.482 bits per heavy atom. The van der Waals surface area contributed by atoms with Crippen molar-refractivity contribution < 1.29 is 28.6 Å². The maximum absolute atomic E-state index is 12.9. The third kappa shape index (κ3) is 68.2. The average Bonchev–Trinajstić information content (AvgIpc) is 3.49. The van der Waals surface area contributed by atoms with Crippen molar-refractivity contribution >= 4 is 17.9 Å². The van der Waals surface area contributed by atoms with Gasteiger partial charge in [0.05, 0.1) is 0 Å². The first-order valence-electron chi connectivity index (χ1n) is 34.7. The highest BCUT2D eigenvalue weighted by Crippen LogP contribution is 2.17. The molecule has 0 rings (SSSR count). The smallest absolute Gasteiger partial charge is 0.306 e. The van der Waals surface area contributed by atoms with Gasteiger partial charge in [-0.3, -0.25) is 14.4 Å². The van der Waals surface area contributed by atoms with Gasteiger partial charge in [-0.2, -0.15) is 0 Å². The quantitative estimate of drug-likeness (QED) is 0.0261. The van der Waals surface area contributed by atoms with E-state index in [2.05, 4.69) is 154 Å². The monoisotopic (exact) mass is 1150 g/mol. The van der Waals surface area contributed by atoms with Crippen molar-refractivity contribution in [3.8, 4) is 0 Å². The average molecular weight is 1150 g/mol. The van der Waals surface area contributed by atoms with Crippen molar-refractivity contribution in [1.82, 2.24) is 0 Å². The lowest BCUT2D eigenvalue weighted by atomic mass is 10.0. The van der Waals surface area contributed by atoms with Crippen molar-refractivity contribution in [2.75, 3.05) is 13.2 Å². The van der Waals surface area contributed by atoms with Gasteiger partial charge in [0.15, 0.2) is 6.10 Å². The van der Waals surface area contributed by atoms with Crippen LogP contribution in [-0.4, -0.2) is 37.2 Å². The minimum absolute atomic E-state index is 0.111. The topological polar surface area (TPSA) is 78.9 Å². The van der Waals surface area contributed by atoms with E-state index >= 15 is 0 Å². The third-order valence-electron chi connectivity index (χ3n) is 14.6. The molecule has 6 heteroatoms. The largest absolute Gasteiger partial charge is 0.462 e. The Hall–Kier alpha value is -4.45. The van der Waals surface area contributed by atoms with Gasteiger partial charge in [-0.05, 0) is 128 Å². The Morgan fingerprint density at radius 3 is 0.807 bits per heavy atom. The van der Waals surface area contributed by atoms with Crippen LogP contribution in [0, 0.1) is 0 Å². The van der Waals surface area contributed by atoms with Crippen LogP contribution in [0.15, 0.2) is 134 Å². The molecule has 6 nitrogen and oxygen atoms in total. The summed E-state index contributed by atoms with van der Waals surface area (Å²) in [5.74, 6) is -0.999. The fourth-order valence-electron chi connectivity index (χ4n) is 9.50. The molecule has 0 aliphatic rings. The summed E-state index contributed by atoms with van der Waals surface area (Å²) >= 11 is 0. The second-order valence-corrected chi connectivity index (χ2v) is 22.7.